The molecule has 4 heteroatoms. The van der Waals surface area contributed by atoms with Crippen LogP contribution in [0, 0.1) is 11.3 Å². The zero-order valence-electron chi connectivity index (χ0n) is 8.40. The summed E-state index contributed by atoms with van der Waals surface area (Å²) < 4.78 is 13.4. The lowest BCUT2D eigenvalue weighted by molar-refractivity contribution is -0.237. The fourth-order valence-corrected chi connectivity index (χ4v) is 2.32. The van der Waals surface area contributed by atoms with Crippen LogP contribution in [0.2, 0.25) is 0 Å². The van der Waals surface area contributed by atoms with E-state index in [0.29, 0.717) is 18.8 Å². The van der Waals surface area contributed by atoms with E-state index in [4.69, 9.17) is 14.7 Å². The van der Waals surface area contributed by atoms with Crippen LogP contribution >= 0.6 is 0 Å². The van der Waals surface area contributed by atoms with Crippen LogP contribution in [-0.2, 0) is 22.6 Å². The van der Waals surface area contributed by atoms with Gasteiger partial charge in [-0.05, 0) is 18.6 Å². The van der Waals surface area contributed by atoms with Gasteiger partial charge in [0.15, 0.2) is 5.79 Å². The molecular formula is C11H12N2O2. The summed E-state index contributed by atoms with van der Waals surface area (Å²) in [5.74, 6) is -0.461. The Morgan fingerprint density at radius 3 is 3.07 bits per heavy atom. The molecule has 0 amide bonds. The van der Waals surface area contributed by atoms with E-state index in [9.17, 15) is 0 Å². The zero-order chi connectivity index (χ0) is 10.3. The Balaban J connectivity index is 1.97. The Kier molecular flexibility index (Phi) is 1.84. The summed E-state index contributed by atoms with van der Waals surface area (Å²) in [6.07, 6.45) is 1.97. The molecule has 15 heavy (non-hydrogen) atoms. The molecule has 2 aliphatic heterocycles. The molecular weight excluding hydrogens is 192 g/mol. The summed E-state index contributed by atoms with van der Waals surface area (Å²) in [4.78, 5) is 0. The highest BCUT2D eigenvalue weighted by atomic mass is 16.7. The summed E-state index contributed by atoms with van der Waals surface area (Å²) >= 11 is 0. The third-order valence-electron chi connectivity index (χ3n) is 3.13. The van der Waals surface area contributed by atoms with Gasteiger partial charge in [0.2, 0.25) is 0 Å². The van der Waals surface area contributed by atoms with E-state index in [1.54, 1.807) is 0 Å². The Labute approximate surface area is 88.0 Å². The Morgan fingerprint density at radius 1 is 1.40 bits per heavy atom. The Bertz CT molecular complexity index is 424. The maximum Gasteiger partial charge on any atom is 0.186 e. The molecule has 3 heterocycles. The Morgan fingerprint density at radius 2 is 2.33 bits per heavy atom. The summed E-state index contributed by atoms with van der Waals surface area (Å²) in [6.45, 7) is 1.96. The second-order valence-electron chi connectivity index (χ2n) is 4.06. The first-order valence-corrected chi connectivity index (χ1v) is 5.19. The summed E-state index contributed by atoms with van der Waals surface area (Å²) in [5.41, 5.74) is 1.76. The molecule has 1 unspecified atom stereocenters. The van der Waals surface area contributed by atoms with E-state index in [0.717, 1.165) is 25.1 Å². The van der Waals surface area contributed by atoms with Crippen molar-refractivity contribution in [2.24, 2.45) is 0 Å². The molecule has 1 saturated heterocycles. The lowest BCUT2D eigenvalue weighted by Gasteiger charge is -2.34. The van der Waals surface area contributed by atoms with Crippen LogP contribution in [0.1, 0.15) is 24.2 Å². The Hall–Kier alpha value is -1.31. The van der Waals surface area contributed by atoms with Gasteiger partial charge in [0.25, 0.3) is 0 Å². The van der Waals surface area contributed by atoms with Crippen molar-refractivity contribution in [1.29, 1.82) is 5.26 Å². The van der Waals surface area contributed by atoms with Crippen LogP contribution in [0.25, 0.3) is 0 Å². The maximum atomic E-state index is 8.96. The number of nitrogens with zero attached hydrogens (tertiary/aromatic N) is 2. The van der Waals surface area contributed by atoms with Gasteiger partial charge in [0.05, 0.1) is 19.8 Å². The van der Waals surface area contributed by atoms with Crippen molar-refractivity contribution in [2.45, 2.75) is 31.8 Å². The highest BCUT2D eigenvalue weighted by Gasteiger charge is 2.40. The normalized spacial score (nSPS) is 29.0. The minimum absolute atomic E-state index is 0.461. The minimum atomic E-state index is -0.461. The first kappa shape index (κ1) is 8.96. The minimum Gasteiger partial charge on any atom is -0.348 e. The van der Waals surface area contributed by atoms with Crippen molar-refractivity contribution in [3.63, 3.8) is 0 Å². The average Bonchev–Trinajstić information content (AvgIpc) is 2.85. The second-order valence-corrected chi connectivity index (χ2v) is 4.06. The third kappa shape index (κ3) is 1.28. The van der Waals surface area contributed by atoms with Crippen LogP contribution in [0.3, 0.4) is 0 Å². The number of rotatable bonds is 0. The molecule has 1 fully saturated rings. The van der Waals surface area contributed by atoms with Gasteiger partial charge in [-0.25, -0.2) is 0 Å². The van der Waals surface area contributed by atoms with Gasteiger partial charge in [-0.15, -0.1) is 0 Å². The molecule has 2 aliphatic rings. The van der Waals surface area contributed by atoms with E-state index in [2.05, 4.69) is 6.07 Å². The van der Waals surface area contributed by atoms with Gasteiger partial charge in [0.1, 0.15) is 11.8 Å². The summed E-state index contributed by atoms with van der Waals surface area (Å²) in [7, 11) is 0. The van der Waals surface area contributed by atoms with Crippen molar-refractivity contribution < 1.29 is 9.47 Å². The standard InChI is InChI=1S/C11H12N2O2/c12-6-9-2-3-10-7-15-11(8-13(9)10)4-1-5-14-11/h2-3H,1,4-5,7-8H2. The van der Waals surface area contributed by atoms with E-state index in [1.165, 1.54) is 0 Å². The molecule has 3 rings (SSSR count). The van der Waals surface area contributed by atoms with E-state index in [-0.39, 0.29) is 0 Å². The topological polar surface area (TPSA) is 47.2 Å². The molecule has 1 aromatic heterocycles. The number of fused-ring (bicyclic) bond motifs is 1. The molecule has 4 nitrogen and oxygen atoms in total. The zero-order valence-corrected chi connectivity index (χ0v) is 8.40. The van der Waals surface area contributed by atoms with Crippen molar-refractivity contribution in [1.82, 2.24) is 4.57 Å². The predicted octanol–water partition coefficient (Wildman–Crippen LogP) is 1.40. The highest BCUT2D eigenvalue weighted by molar-refractivity contribution is 5.27. The molecule has 0 aromatic carbocycles. The van der Waals surface area contributed by atoms with Gasteiger partial charge in [-0.3, -0.25) is 0 Å². The molecule has 1 spiro atoms. The number of hydrogen-bond donors (Lipinski definition) is 0. The number of ether oxygens (including phenoxy) is 2. The lowest BCUT2D eigenvalue weighted by Crippen LogP contribution is -2.41. The van der Waals surface area contributed by atoms with Crippen LogP contribution in [0.5, 0.6) is 0 Å². The van der Waals surface area contributed by atoms with E-state index >= 15 is 0 Å². The molecule has 0 N–H and O–H groups in total. The van der Waals surface area contributed by atoms with Crippen molar-refractivity contribution in [3.05, 3.63) is 23.5 Å². The first-order valence-electron chi connectivity index (χ1n) is 5.19. The van der Waals surface area contributed by atoms with Crippen molar-refractivity contribution in [3.8, 4) is 6.07 Å². The monoisotopic (exact) mass is 204 g/mol. The van der Waals surface area contributed by atoms with Crippen LogP contribution in [0.15, 0.2) is 12.1 Å². The molecule has 78 valence electrons. The first-order chi connectivity index (χ1) is 7.33. The largest absolute Gasteiger partial charge is 0.348 e. The maximum absolute atomic E-state index is 8.96. The van der Waals surface area contributed by atoms with Gasteiger partial charge in [-0.1, -0.05) is 0 Å². The molecule has 1 atom stereocenters. The van der Waals surface area contributed by atoms with Gasteiger partial charge < -0.3 is 14.0 Å². The number of aromatic nitrogens is 1. The van der Waals surface area contributed by atoms with Crippen molar-refractivity contribution >= 4 is 0 Å². The average molecular weight is 204 g/mol. The molecule has 0 bridgehead atoms. The molecule has 1 aromatic rings. The smallest absolute Gasteiger partial charge is 0.186 e. The SMILES string of the molecule is N#Cc1ccc2n1CC1(CCCO1)OC2. The highest BCUT2D eigenvalue weighted by Crippen LogP contribution is 2.34. The fourth-order valence-electron chi connectivity index (χ4n) is 2.32. The second kappa shape index (κ2) is 3.09. The van der Waals surface area contributed by atoms with Gasteiger partial charge >= 0.3 is 0 Å². The number of hydrogen-bond acceptors (Lipinski definition) is 3. The number of nitriles is 1. The molecule has 0 radical (unpaired) electrons. The molecule has 0 aliphatic carbocycles. The van der Waals surface area contributed by atoms with E-state index in [1.807, 2.05) is 16.7 Å². The third-order valence-corrected chi connectivity index (χ3v) is 3.13. The lowest BCUT2D eigenvalue weighted by atomic mass is 10.1. The van der Waals surface area contributed by atoms with Crippen LogP contribution in [0.4, 0.5) is 0 Å². The van der Waals surface area contributed by atoms with Gasteiger partial charge in [-0.2, -0.15) is 5.26 Å². The van der Waals surface area contributed by atoms with Crippen LogP contribution < -0.4 is 0 Å². The van der Waals surface area contributed by atoms with Gasteiger partial charge in [0, 0.05) is 12.1 Å². The quantitative estimate of drug-likeness (QED) is 0.641. The molecule has 0 saturated carbocycles. The van der Waals surface area contributed by atoms with Crippen LogP contribution in [-0.4, -0.2) is 17.0 Å². The predicted molar refractivity (Wildman–Crippen MR) is 51.9 cm³/mol. The van der Waals surface area contributed by atoms with Crippen molar-refractivity contribution in [2.75, 3.05) is 6.61 Å². The van der Waals surface area contributed by atoms with E-state index < -0.39 is 5.79 Å². The summed E-state index contributed by atoms with van der Waals surface area (Å²) in [6, 6.07) is 5.98. The fraction of sp³-hybridized carbons (Fsp3) is 0.545. The summed E-state index contributed by atoms with van der Waals surface area (Å²) in [5, 5.41) is 8.96.